The van der Waals surface area contributed by atoms with Crippen LogP contribution in [0.25, 0.3) is 0 Å². The standard InChI is InChI=1S/C11H18N4O4/c1-5(10(18)14-6(2)13-7(3)16)15-9(17)4-8(12)11(15)19/h5-6,8H,4,12H2,1-3H3,(H,13,16)(H,14,18). The van der Waals surface area contributed by atoms with Crippen molar-refractivity contribution in [3.63, 3.8) is 0 Å². The van der Waals surface area contributed by atoms with E-state index in [4.69, 9.17) is 5.73 Å². The first-order chi connectivity index (χ1) is 8.73. The summed E-state index contributed by atoms with van der Waals surface area (Å²) in [6, 6.07) is -1.83. The summed E-state index contributed by atoms with van der Waals surface area (Å²) < 4.78 is 0. The van der Waals surface area contributed by atoms with Crippen LogP contribution in [0.3, 0.4) is 0 Å². The van der Waals surface area contributed by atoms with Crippen LogP contribution in [0.2, 0.25) is 0 Å². The largest absolute Gasteiger partial charge is 0.337 e. The van der Waals surface area contributed by atoms with Crippen LogP contribution in [-0.4, -0.2) is 46.8 Å². The van der Waals surface area contributed by atoms with E-state index >= 15 is 0 Å². The average molecular weight is 270 g/mol. The van der Waals surface area contributed by atoms with Gasteiger partial charge in [0, 0.05) is 6.92 Å². The molecule has 8 nitrogen and oxygen atoms in total. The van der Waals surface area contributed by atoms with E-state index in [0.29, 0.717) is 0 Å². The zero-order valence-corrected chi connectivity index (χ0v) is 11.1. The third-order valence-corrected chi connectivity index (χ3v) is 2.76. The zero-order valence-electron chi connectivity index (χ0n) is 11.1. The second-order valence-electron chi connectivity index (χ2n) is 4.52. The van der Waals surface area contributed by atoms with E-state index in [1.807, 2.05) is 0 Å². The number of likely N-dealkylation sites (tertiary alicyclic amines) is 1. The molecule has 0 radical (unpaired) electrons. The summed E-state index contributed by atoms with van der Waals surface area (Å²) in [7, 11) is 0. The van der Waals surface area contributed by atoms with Crippen molar-refractivity contribution >= 4 is 23.6 Å². The zero-order chi connectivity index (χ0) is 14.7. The molecule has 0 aromatic heterocycles. The molecule has 1 heterocycles. The van der Waals surface area contributed by atoms with E-state index in [-0.39, 0.29) is 12.3 Å². The van der Waals surface area contributed by atoms with E-state index in [9.17, 15) is 19.2 Å². The number of imide groups is 1. The van der Waals surface area contributed by atoms with Gasteiger partial charge in [-0.1, -0.05) is 0 Å². The molecule has 1 fully saturated rings. The van der Waals surface area contributed by atoms with Crippen LogP contribution in [0.5, 0.6) is 0 Å². The van der Waals surface area contributed by atoms with Gasteiger partial charge in [-0.2, -0.15) is 0 Å². The molecule has 0 bridgehead atoms. The van der Waals surface area contributed by atoms with Gasteiger partial charge in [0.25, 0.3) is 0 Å². The highest BCUT2D eigenvalue weighted by Crippen LogP contribution is 2.14. The lowest BCUT2D eigenvalue weighted by Crippen LogP contribution is -2.54. The van der Waals surface area contributed by atoms with Gasteiger partial charge in [-0.15, -0.1) is 0 Å². The fourth-order valence-corrected chi connectivity index (χ4v) is 1.87. The number of hydrogen-bond acceptors (Lipinski definition) is 5. The minimum absolute atomic E-state index is 0.0856. The van der Waals surface area contributed by atoms with Gasteiger partial charge in [0.05, 0.1) is 18.6 Å². The normalized spacial score (nSPS) is 22.1. The number of amides is 4. The van der Waals surface area contributed by atoms with E-state index in [0.717, 1.165) is 4.90 Å². The maximum atomic E-state index is 11.9. The van der Waals surface area contributed by atoms with Crippen molar-refractivity contribution in [1.29, 1.82) is 0 Å². The Kier molecular flexibility index (Phi) is 4.60. The molecule has 8 heteroatoms. The minimum atomic E-state index is -0.954. The first-order valence-electron chi connectivity index (χ1n) is 5.93. The summed E-state index contributed by atoms with van der Waals surface area (Å²) in [5.41, 5.74) is 5.46. The van der Waals surface area contributed by atoms with Crippen molar-refractivity contribution in [2.75, 3.05) is 0 Å². The molecule has 1 aliphatic rings. The molecule has 4 N–H and O–H groups in total. The molecule has 0 aliphatic carbocycles. The number of carbonyl (C=O) groups excluding carboxylic acids is 4. The lowest BCUT2D eigenvalue weighted by molar-refractivity contribution is -0.146. The van der Waals surface area contributed by atoms with Gasteiger partial charge in [0.2, 0.25) is 23.6 Å². The van der Waals surface area contributed by atoms with Crippen LogP contribution in [-0.2, 0) is 19.2 Å². The van der Waals surface area contributed by atoms with Crippen molar-refractivity contribution in [1.82, 2.24) is 15.5 Å². The quantitative estimate of drug-likeness (QED) is 0.405. The Morgan fingerprint density at radius 2 is 1.89 bits per heavy atom. The second kappa shape index (κ2) is 5.79. The van der Waals surface area contributed by atoms with Gasteiger partial charge < -0.3 is 16.4 Å². The molecule has 3 unspecified atom stereocenters. The highest BCUT2D eigenvalue weighted by molar-refractivity contribution is 6.08. The van der Waals surface area contributed by atoms with Gasteiger partial charge in [-0.3, -0.25) is 24.1 Å². The number of carbonyl (C=O) groups is 4. The fourth-order valence-electron chi connectivity index (χ4n) is 1.87. The fraction of sp³-hybridized carbons (Fsp3) is 0.636. The van der Waals surface area contributed by atoms with E-state index < -0.39 is 36.0 Å². The molecule has 1 saturated heterocycles. The number of nitrogens with zero attached hydrogens (tertiary/aromatic N) is 1. The number of rotatable bonds is 4. The Hall–Kier alpha value is -1.96. The monoisotopic (exact) mass is 270 g/mol. The van der Waals surface area contributed by atoms with Gasteiger partial charge in [0.1, 0.15) is 6.04 Å². The summed E-state index contributed by atoms with van der Waals surface area (Å²) in [4.78, 5) is 46.8. The molecular formula is C11H18N4O4. The van der Waals surface area contributed by atoms with Crippen LogP contribution in [0.15, 0.2) is 0 Å². The maximum Gasteiger partial charge on any atom is 0.247 e. The van der Waals surface area contributed by atoms with Crippen molar-refractivity contribution < 1.29 is 19.2 Å². The summed E-state index contributed by atoms with van der Waals surface area (Å²) >= 11 is 0. The average Bonchev–Trinajstić information content (AvgIpc) is 2.50. The lowest BCUT2D eigenvalue weighted by Gasteiger charge is -2.24. The molecule has 0 saturated carbocycles. The highest BCUT2D eigenvalue weighted by atomic mass is 16.2. The van der Waals surface area contributed by atoms with E-state index in [2.05, 4.69) is 10.6 Å². The molecule has 4 amide bonds. The Morgan fingerprint density at radius 3 is 2.32 bits per heavy atom. The molecule has 19 heavy (non-hydrogen) atoms. The van der Waals surface area contributed by atoms with Crippen LogP contribution < -0.4 is 16.4 Å². The Bertz CT molecular complexity index is 423. The maximum absolute atomic E-state index is 11.9. The van der Waals surface area contributed by atoms with Crippen LogP contribution in [0.1, 0.15) is 27.2 Å². The SMILES string of the molecule is CC(=O)NC(C)NC(=O)C(C)N1C(=O)CC(N)C1=O. The predicted octanol–water partition coefficient (Wildman–Crippen LogP) is -1.94. The Balaban J connectivity index is 2.64. The van der Waals surface area contributed by atoms with Gasteiger partial charge in [0.15, 0.2) is 0 Å². The van der Waals surface area contributed by atoms with Crippen LogP contribution in [0, 0.1) is 0 Å². The summed E-state index contributed by atoms with van der Waals surface area (Å²) in [5.74, 6) is -1.85. The molecule has 0 aromatic carbocycles. The number of nitrogens with two attached hydrogens (primary N) is 1. The van der Waals surface area contributed by atoms with Crippen molar-refractivity contribution in [3.8, 4) is 0 Å². The van der Waals surface area contributed by atoms with Crippen molar-refractivity contribution in [2.24, 2.45) is 5.73 Å². The third kappa shape index (κ3) is 3.50. The van der Waals surface area contributed by atoms with Crippen molar-refractivity contribution in [2.45, 2.75) is 45.4 Å². The van der Waals surface area contributed by atoms with Crippen LogP contribution in [0.4, 0.5) is 0 Å². The second-order valence-corrected chi connectivity index (χ2v) is 4.52. The summed E-state index contributed by atoms with van der Waals surface area (Å²) in [5, 5.41) is 4.95. The number of hydrogen-bond donors (Lipinski definition) is 3. The lowest BCUT2D eigenvalue weighted by atomic mass is 10.2. The van der Waals surface area contributed by atoms with E-state index in [1.54, 1.807) is 6.92 Å². The smallest absolute Gasteiger partial charge is 0.247 e. The molecule has 0 spiro atoms. The molecule has 3 atom stereocenters. The Labute approximate surface area is 110 Å². The van der Waals surface area contributed by atoms with Gasteiger partial charge in [-0.05, 0) is 13.8 Å². The predicted molar refractivity (Wildman–Crippen MR) is 65.3 cm³/mol. The van der Waals surface area contributed by atoms with Crippen LogP contribution >= 0.6 is 0 Å². The third-order valence-electron chi connectivity index (χ3n) is 2.76. The first kappa shape index (κ1) is 15.1. The summed E-state index contributed by atoms with van der Waals surface area (Å²) in [6.45, 7) is 4.33. The molecule has 0 aromatic rings. The highest BCUT2D eigenvalue weighted by Gasteiger charge is 2.41. The number of nitrogens with one attached hydrogen (secondary N) is 2. The first-order valence-corrected chi connectivity index (χ1v) is 5.93. The topological polar surface area (TPSA) is 122 Å². The molecule has 106 valence electrons. The minimum Gasteiger partial charge on any atom is -0.337 e. The summed E-state index contributed by atoms with van der Waals surface area (Å²) in [6.07, 6.45) is -0.675. The molecular weight excluding hydrogens is 252 g/mol. The van der Waals surface area contributed by atoms with Gasteiger partial charge in [-0.25, -0.2) is 0 Å². The van der Waals surface area contributed by atoms with E-state index in [1.165, 1.54) is 13.8 Å². The molecule has 1 aliphatic heterocycles. The Morgan fingerprint density at radius 1 is 1.32 bits per heavy atom. The van der Waals surface area contributed by atoms with Gasteiger partial charge >= 0.3 is 0 Å². The van der Waals surface area contributed by atoms with Crippen molar-refractivity contribution in [3.05, 3.63) is 0 Å². The molecule has 1 rings (SSSR count).